The molecule has 35 heavy (non-hydrogen) atoms. The molecular formula is C24H34N3O7P. The summed E-state index contributed by atoms with van der Waals surface area (Å²) >= 11 is 0. The zero-order chi connectivity index (χ0) is 25.8. The molecule has 0 bridgehead atoms. The van der Waals surface area contributed by atoms with Crippen LogP contribution in [0.15, 0.2) is 48.5 Å². The summed E-state index contributed by atoms with van der Waals surface area (Å²) in [4.78, 5) is 25.4. The van der Waals surface area contributed by atoms with Crippen molar-refractivity contribution >= 4 is 19.5 Å². The Labute approximate surface area is 205 Å². The van der Waals surface area contributed by atoms with E-state index in [4.69, 9.17) is 15.0 Å². The normalized spacial score (nSPS) is 14.5. The Morgan fingerprint density at radius 3 is 1.46 bits per heavy atom. The van der Waals surface area contributed by atoms with Gasteiger partial charge in [0.05, 0.1) is 13.2 Å². The fourth-order valence-electron chi connectivity index (χ4n) is 3.21. The third-order valence-electron chi connectivity index (χ3n) is 4.91. The quantitative estimate of drug-likeness (QED) is 0.190. The number of phenolic OH excluding ortho intramolecular Hbond substituents is 2. The van der Waals surface area contributed by atoms with E-state index in [1.165, 1.54) is 24.3 Å². The Hall–Kier alpha value is -2.91. The summed E-state index contributed by atoms with van der Waals surface area (Å²) in [5.41, 5.74) is 7.40. The molecule has 192 valence electrons. The van der Waals surface area contributed by atoms with E-state index in [0.717, 1.165) is 0 Å². The van der Waals surface area contributed by atoms with Crippen LogP contribution >= 0.6 is 7.59 Å². The van der Waals surface area contributed by atoms with Crippen LogP contribution in [-0.2, 0) is 36.5 Å². The molecular weight excluding hydrogens is 473 g/mol. The van der Waals surface area contributed by atoms with Gasteiger partial charge in [-0.3, -0.25) is 19.7 Å². The first-order chi connectivity index (χ1) is 16.6. The molecule has 2 aromatic carbocycles. The van der Waals surface area contributed by atoms with Gasteiger partial charge in [-0.15, -0.1) is 0 Å². The molecule has 0 fully saturated rings. The second-order valence-corrected chi connectivity index (χ2v) is 9.93. The zero-order valence-electron chi connectivity index (χ0n) is 20.0. The van der Waals surface area contributed by atoms with E-state index in [0.29, 0.717) is 24.0 Å². The number of benzene rings is 2. The van der Waals surface area contributed by atoms with Gasteiger partial charge in [0.1, 0.15) is 23.6 Å². The summed E-state index contributed by atoms with van der Waals surface area (Å²) in [5, 5.41) is 24.3. The van der Waals surface area contributed by atoms with E-state index in [-0.39, 0.29) is 37.6 Å². The van der Waals surface area contributed by atoms with Gasteiger partial charge in [0.25, 0.3) is 7.59 Å². The average molecular weight is 508 g/mol. The van der Waals surface area contributed by atoms with Crippen LogP contribution in [0, 0.1) is 0 Å². The molecule has 0 aliphatic rings. The summed E-state index contributed by atoms with van der Waals surface area (Å²) in [7, 11) is -3.97. The van der Waals surface area contributed by atoms with Crippen molar-refractivity contribution in [2.45, 2.75) is 51.6 Å². The molecule has 2 unspecified atom stereocenters. The minimum Gasteiger partial charge on any atom is -0.508 e. The van der Waals surface area contributed by atoms with Gasteiger partial charge in [-0.05, 0) is 61.1 Å². The van der Waals surface area contributed by atoms with E-state index >= 15 is 0 Å². The minimum absolute atomic E-state index is 0.0700. The van der Waals surface area contributed by atoms with Crippen molar-refractivity contribution in [3.63, 3.8) is 0 Å². The number of hydrogen-bond donors (Lipinski definition) is 5. The van der Waals surface area contributed by atoms with Crippen LogP contribution < -0.4 is 15.7 Å². The van der Waals surface area contributed by atoms with Gasteiger partial charge in [-0.25, -0.2) is 10.2 Å². The maximum atomic E-state index is 13.3. The number of hydrogen-bond acceptors (Lipinski definition) is 7. The lowest BCUT2D eigenvalue weighted by molar-refractivity contribution is -0.146. The van der Waals surface area contributed by atoms with E-state index < -0.39 is 31.6 Å². The largest absolute Gasteiger partial charge is 0.508 e. The smallest absolute Gasteiger partial charge is 0.323 e. The van der Waals surface area contributed by atoms with Crippen LogP contribution in [0.1, 0.15) is 37.8 Å². The molecule has 2 aromatic rings. The molecule has 0 aromatic heterocycles. The molecule has 0 heterocycles. The van der Waals surface area contributed by atoms with Crippen LogP contribution in [0.4, 0.5) is 0 Å². The summed E-state index contributed by atoms with van der Waals surface area (Å²) in [6.45, 7) is 4.06. The molecule has 10 nitrogen and oxygen atoms in total. The number of esters is 2. The lowest BCUT2D eigenvalue weighted by Crippen LogP contribution is -2.47. The molecule has 0 amide bonds. The third kappa shape index (κ3) is 10.1. The minimum atomic E-state index is -3.97. The van der Waals surface area contributed by atoms with E-state index in [9.17, 15) is 24.4 Å². The van der Waals surface area contributed by atoms with Gasteiger partial charge >= 0.3 is 11.9 Å². The third-order valence-corrected chi connectivity index (χ3v) is 6.30. The van der Waals surface area contributed by atoms with Crippen molar-refractivity contribution in [3.05, 3.63) is 59.7 Å². The van der Waals surface area contributed by atoms with Crippen LogP contribution in [0.2, 0.25) is 0 Å². The molecule has 0 radical (unpaired) electrons. The second-order valence-electron chi connectivity index (χ2n) is 8.10. The number of carbonyl (C=O) groups excluding carboxylic acids is 2. The molecule has 0 spiro atoms. The highest BCUT2D eigenvalue weighted by Gasteiger charge is 2.33. The number of aromatic hydroxyl groups is 2. The lowest BCUT2D eigenvalue weighted by atomic mass is 10.1. The van der Waals surface area contributed by atoms with Crippen molar-refractivity contribution < 1.29 is 33.8 Å². The Bertz CT molecular complexity index is 922. The van der Waals surface area contributed by atoms with Crippen LogP contribution in [-0.4, -0.2) is 47.4 Å². The second kappa shape index (κ2) is 13.8. The lowest BCUT2D eigenvalue weighted by Gasteiger charge is -2.26. The SMILES string of the molecule is CCCOC(=O)C(Cc1ccc(O)cc1)NP(N)(=O)NC(Cc1ccc(O)cc1)C(=O)OCCC. The molecule has 0 saturated carbocycles. The fourth-order valence-corrected chi connectivity index (χ4v) is 4.60. The standard InChI is InChI=1S/C24H34N3O7P/c1-3-13-33-23(30)21(15-17-5-9-19(28)10-6-17)26-35(25,32)27-22(24(31)34-14-4-2)16-18-7-11-20(29)12-8-18/h5-12,21-22,28-29H,3-4,13-16H2,1-2H3,(H4,25,26,27,32). The summed E-state index contributed by atoms with van der Waals surface area (Å²) in [6, 6.07) is 10.3. The molecule has 2 rings (SSSR count). The molecule has 6 N–H and O–H groups in total. The van der Waals surface area contributed by atoms with Gasteiger partial charge in [0.2, 0.25) is 0 Å². The maximum absolute atomic E-state index is 13.3. The predicted octanol–water partition coefficient (Wildman–Crippen LogP) is 2.77. The zero-order valence-corrected chi connectivity index (χ0v) is 20.9. The Morgan fingerprint density at radius 2 is 1.14 bits per heavy atom. The van der Waals surface area contributed by atoms with Crippen molar-refractivity contribution in [2.24, 2.45) is 5.50 Å². The monoisotopic (exact) mass is 507 g/mol. The number of nitrogens with two attached hydrogens (primary N) is 1. The number of rotatable bonds is 14. The highest BCUT2D eigenvalue weighted by molar-refractivity contribution is 7.57. The van der Waals surface area contributed by atoms with Gasteiger partial charge in [0, 0.05) is 0 Å². The van der Waals surface area contributed by atoms with Crippen molar-refractivity contribution in [2.75, 3.05) is 13.2 Å². The first kappa shape index (κ1) is 28.3. The van der Waals surface area contributed by atoms with Crippen molar-refractivity contribution in [3.8, 4) is 11.5 Å². The van der Waals surface area contributed by atoms with Crippen LogP contribution in [0.25, 0.3) is 0 Å². The summed E-state index contributed by atoms with van der Waals surface area (Å²) < 4.78 is 23.8. The van der Waals surface area contributed by atoms with Gasteiger partial charge < -0.3 is 19.7 Å². The highest BCUT2D eigenvalue weighted by Crippen LogP contribution is 2.29. The highest BCUT2D eigenvalue weighted by atomic mass is 31.2. The average Bonchev–Trinajstić information content (AvgIpc) is 2.82. The number of carbonyl (C=O) groups is 2. The number of ether oxygens (including phenoxy) is 2. The van der Waals surface area contributed by atoms with Gasteiger partial charge in [-0.2, -0.15) is 0 Å². The van der Waals surface area contributed by atoms with Crippen molar-refractivity contribution in [1.82, 2.24) is 10.2 Å². The molecule has 11 heteroatoms. The summed E-state index contributed by atoms with van der Waals surface area (Å²) in [5.74, 6) is -1.15. The number of phenols is 2. The van der Waals surface area contributed by atoms with Gasteiger partial charge in [0.15, 0.2) is 0 Å². The van der Waals surface area contributed by atoms with Crippen molar-refractivity contribution in [1.29, 1.82) is 0 Å². The predicted molar refractivity (Wildman–Crippen MR) is 132 cm³/mol. The first-order valence-corrected chi connectivity index (χ1v) is 13.2. The van der Waals surface area contributed by atoms with Crippen LogP contribution in [0.3, 0.4) is 0 Å². The Kier molecular flexibility index (Phi) is 11.2. The fraction of sp³-hybridized carbons (Fsp3) is 0.417. The first-order valence-electron chi connectivity index (χ1n) is 11.5. The topological polar surface area (TPSA) is 160 Å². The Balaban J connectivity index is 2.21. The number of nitrogens with one attached hydrogen (secondary N) is 2. The van der Waals surface area contributed by atoms with E-state index in [1.54, 1.807) is 24.3 Å². The molecule has 0 saturated heterocycles. The maximum Gasteiger partial charge on any atom is 0.323 e. The van der Waals surface area contributed by atoms with Crippen LogP contribution in [0.5, 0.6) is 11.5 Å². The van der Waals surface area contributed by atoms with Gasteiger partial charge in [-0.1, -0.05) is 38.1 Å². The molecule has 2 atom stereocenters. The molecule has 0 aliphatic carbocycles. The summed E-state index contributed by atoms with van der Waals surface area (Å²) in [6.07, 6.45) is 1.39. The van der Waals surface area contributed by atoms with E-state index in [1.807, 2.05) is 13.8 Å². The Morgan fingerprint density at radius 1 is 0.800 bits per heavy atom. The van der Waals surface area contributed by atoms with E-state index in [2.05, 4.69) is 10.2 Å². The molecule has 0 aliphatic heterocycles.